The van der Waals surface area contributed by atoms with Crippen LogP contribution in [0.15, 0.2) is 0 Å². The van der Waals surface area contributed by atoms with Crippen LogP contribution < -0.4 is 0 Å². The highest BCUT2D eigenvalue weighted by Gasteiger charge is 2.54. The van der Waals surface area contributed by atoms with Crippen LogP contribution in [0, 0.1) is 17.8 Å². The Morgan fingerprint density at radius 2 is 1.82 bits per heavy atom. The second-order valence-corrected chi connectivity index (χ2v) is 2.74. The van der Waals surface area contributed by atoms with Crippen molar-refractivity contribution >= 4 is 5.97 Å². The van der Waals surface area contributed by atoms with Crippen molar-refractivity contribution < 1.29 is 19.7 Å². The molecule has 1 fully saturated rings. The first kappa shape index (κ1) is 8.49. The second-order valence-electron chi connectivity index (χ2n) is 2.74. The summed E-state index contributed by atoms with van der Waals surface area (Å²) in [7, 11) is 1.31. The molecule has 2 atom stereocenters. The van der Waals surface area contributed by atoms with Gasteiger partial charge in [0, 0.05) is 25.0 Å². The lowest BCUT2D eigenvalue weighted by Gasteiger charge is -1.93. The maximum absolute atomic E-state index is 10.9. The minimum absolute atomic E-state index is 0.0506. The fourth-order valence-corrected chi connectivity index (χ4v) is 1.43. The number of carbonyl (C=O) groups excluding carboxylic acids is 1. The molecule has 0 bridgehead atoms. The zero-order chi connectivity index (χ0) is 8.43. The monoisotopic (exact) mass is 160 g/mol. The van der Waals surface area contributed by atoms with Gasteiger partial charge in [0.25, 0.3) is 0 Å². The summed E-state index contributed by atoms with van der Waals surface area (Å²) in [4.78, 5) is 10.9. The number of methoxy groups -OCH3 is 1. The molecule has 64 valence electrons. The molecule has 1 saturated carbocycles. The van der Waals surface area contributed by atoms with Crippen molar-refractivity contribution in [3.05, 3.63) is 0 Å². The largest absolute Gasteiger partial charge is 0.469 e. The van der Waals surface area contributed by atoms with Gasteiger partial charge >= 0.3 is 5.97 Å². The third-order valence-corrected chi connectivity index (χ3v) is 2.23. The molecule has 0 aromatic carbocycles. The van der Waals surface area contributed by atoms with Gasteiger partial charge in [0.1, 0.15) is 0 Å². The van der Waals surface area contributed by atoms with Crippen LogP contribution >= 0.6 is 0 Å². The molecule has 0 spiro atoms. The van der Waals surface area contributed by atoms with E-state index in [1.165, 1.54) is 7.11 Å². The number of carbonyl (C=O) groups is 1. The van der Waals surface area contributed by atoms with Crippen LogP contribution in [-0.4, -0.2) is 36.5 Å². The Labute approximate surface area is 64.8 Å². The van der Waals surface area contributed by atoms with Crippen LogP contribution in [0.1, 0.15) is 0 Å². The molecule has 4 heteroatoms. The van der Waals surface area contributed by atoms with Crippen LogP contribution in [0.5, 0.6) is 0 Å². The summed E-state index contributed by atoms with van der Waals surface area (Å²) in [6.07, 6.45) is 0. The third-order valence-electron chi connectivity index (χ3n) is 2.23. The zero-order valence-corrected chi connectivity index (χ0v) is 6.36. The van der Waals surface area contributed by atoms with Gasteiger partial charge < -0.3 is 14.9 Å². The smallest absolute Gasteiger partial charge is 0.309 e. The molecule has 0 aromatic heterocycles. The van der Waals surface area contributed by atoms with E-state index in [1.54, 1.807) is 0 Å². The van der Waals surface area contributed by atoms with Crippen molar-refractivity contribution in [1.29, 1.82) is 0 Å². The van der Waals surface area contributed by atoms with Crippen molar-refractivity contribution in [2.75, 3.05) is 20.3 Å². The van der Waals surface area contributed by atoms with E-state index in [2.05, 4.69) is 4.74 Å². The Morgan fingerprint density at radius 3 is 2.09 bits per heavy atom. The summed E-state index contributed by atoms with van der Waals surface area (Å²) in [5.74, 6) is -0.794. The molecule has 1 aliphatic rings. The average molecular weight is 160 g/mol. The van der Waals surface area contributed by atoms with E-state index in [0.717, 1.165) is 0 Å². The number of rotatable bonds is 3. The molecule has 0 aliphatic heterocycles. The lowest BCUT2D eigenvalue weighted by atomic mass is 10.3. The minimum Gasteiger partial charge on any atom is -0.469 e. The highest BCUT2D eigenvalue weighted by atomic mass is 16.5. The molecule has 4 nitrogen and oxygen atoms in total. The van der Waals surface area contributed by atoms with E-state index in [-0.39, 0.29) is 36.9 Å². The highest BCUT2D eigenvalue weighted by Crippen LogP contribution is 2.46. The predicted molar refractivity (Wildman–Crippen MR) is 36.7 cm³/mol. The molecular weight excluding hydrogens is 148 g/mol. The van der Waals surface area contributed by atoms with E-state index < -0.39 is 0 Å². The maximum Gasteiger partial charge on any atom is 0.309 e. The topological polar surface area (TPSA) is 66.8 Å². The number of aliphatic hydroxyl groups is 2. The van der Waals surface area contributed by atoms with E-state index >= 15 is 0 Å². The van der Waals surface area contributed by atoms with E-state index in [0.29, 0.717) is 0 Å². The molecule has 2 unspecified atom stereocenters. The fraction of sp³-hybridized carbons (Fsp3) is 0.857. The van der Waals surface area contributed by atoms with Crippen molar-refractivity contribution in [1.82, 2.24) is 0 Å². The van der Waals surface area contributed by atoms with Crippen LogP contribution in [0.25, 0.3) is 0 Å². The van der Waals surface area contributed by atoms with Gasteiger partial charge in [-0.1, -0.05) is 0 Å². The van der Waals surface area contributed by atoms with Crippen molar-refractivity contribution in [3.8, 4) is 0 Å². The van der Waals surface area contributed by atoms with Crippen LogP contribution in [0.4, 0.5) is 0 Å². The van der Waals surface area contributed by atoms with Gasteiger partial charge in [-0.25, -0.2) is 0 Å². The number of aliphatic hydroxyl groups excluding tert-OH is 2. The molecule has 0 saturated heterocycles. The molecule has 0 radical (unpaired) electrons. The first-order valence-corrected chi connectivity index (χ1v) is 3.55. The zero-order valence-electron chi connectivity index (χ0n) is 6.36. The van der Waals surface area contributed by atoms with Crippen molar-refractivity contribution in [2.45, 2.75) is 0 Å². The van der Waals surface area contributed by atoms with Crippen molar-refractivity contribution in [3.63, 3.8) is 0 Å². The molecule has 1 rings (SSSR count). The Hall–Kier alpha value is -0.610. The number of hydrogen-bond donors (Lipinski definition) is 2. The predicted octanol–water partition coefficient (Wildman–Crippen LogP) is -0.994. The summed E-state index contributed by atoms with van der Waals surface area (Å²) in [5.41, 5.74) is 0. The van der Waals surface area contributed by atoms with Crippen LogP contribution in [0.3, 0.4) is 0 Å². The Balaban J connectivity index is 2.44. The first-order valence-electron chi connectivity index (χ1n) is 3.55. The highest BCUT2D eigenvalue weighted by molar-refractivity contribution is 5.76. The van der Waals surface area contributed by atoms with Gasteiger partial charge in [0.2, 0.25) is 0 Å². The summed E-state index contributed by atoms with van der Waals surface area (Å²) in [6.45, 7) is -0.101. The van der Waals surface area contributed by atoms with Gasteiger partial charge in [0.05, 0.1) is 13.0 Å². The summed E-state index contributed by atoms with van der Waals surface area (Å²) in [6, 6.07) is 0. The SMILES string of the molecule is COC(=O)C1C(CO)C1CO. The first-order chi connectivity index (χ1) is 5.26. The summed E-state index contributed by atoms with van der Waals surface area (Å²) >= 11 is 0. The molecule has 0 amide bonds. The molecule has 1 aliphatic carbocycles. The van der Waals surface area contributed by atoms with Gasteiger partial charge in [-0.3, -0.25) is 4.79 Å². The lowest BCUT2D eigenvalue weighted by Crippen LogP contribution is -2.06. The number of hydrogen-bond acceptors (Lipinski definition) is 4. The molecule has 2 N–H and O–H groups in total. The average Bonchev–Trinajstić information content (AvgIpc) is 2.76. The van der Waals surface area contributed by atoms with E-state index in [9.17, 15) is 4.79 Å². The Morgan fingerprint density at radius 1 is 1.36 bits per heavy atom. The Kier molecular flexibility index (Phi) is 2.46. The fourth-order valence-electron chi connectivity index (χ4n) is 1.43. The number of esters is 1. The van der Waals surface area contributed by atoms with Gasteiger partial charge in [-0.15, -0.1) is 0 Å². The molecule has 0 heterocycles. The van der Waals surface area contributed by atoms with E-state index in [1.807, 2.05) is 0 Å². The van der Waals surface area contributed by atoms with Gasteiger partial charge in [-0.2, -0.15) is 0 Å². The molecular formula is C7H12O4. The third kappa shape index (κ3) is 1.36. The number of ether oxygens (including phenoxy) is 1. The van der Waals surface area contributed by atoms with E-state index in [4.69, 9.17) is 10.2 Å². The normalized spacial score (nSPS) is 35.0. The molecule has 0 aromatic rings. The van der Waals surface area contributed by atoms with Crippen LogP contribution in [-0.2, 0) is 9.53 Å². The summed E-state index contributed by atoms with van der Waals surface area (Å²) < 4.78 is 4.48. The van der Waals surface area contributed by atoms with Gasteiger partial charge in [0.15, 0.2) is 0 Å². The second kappa shape index (κ2) is 3.19. The van der Waals surface area contributed by atoms with Crippen LogP contribution in [0.2, 0.25) is 0 Å². The Bertz CT molecular complexity index is 147. The maximum atomic E-state index is 10.9. The quantitative estimate of drug-likeness (QED) is 0.520. The molecule has 11 heavy (non-hydrogen) atoms. The lowest BCUT2D eigenvalue weighted by molar-refractivity contribution is -0.143. The van der Waals surface area contributed by atoms with Crippen molar-refractivity contribution in [2.24, 2.45) is 17.8 Å². The standard InChI is InChI=1S/C7H12O4/c1-11-7(10)6-4(2-8)5(6)3-9/h4-6,8-9H,2-3H2,1H3. The van der Waals surface area contributed by atoms with Gasteiger partial charge in [-0.05, 0) is 0 Å². The minimum atomic E-state index is -0.330. The summed E-state index contributed by atoms with van der Waals surface area (Å²) in [5, 5.41) is 17.4.